The van der Waals surface area contributed by atoms with Crippen LogP contribution in [0.4, 0.5) is 0 Å². The second-order valence-electron chi connectivity index (χ2n) is 6.23. The quantitative estimate of drug-likeness (QED) is 0.667. The van der Waals surface area contributed by atoms with Crippen molar-refractivity contribution in [1.82, 2.24) is 9.88 Å². The molecule has 5 nitrogen and oxygen atoms in total. The zero-order valence-electron chi connectivity index (χ0n) is 15.2. The van der Waals surface area contributed by atoms with Crippen LogP contribution in [0.1, 0.15) is 30.5 Å². The van der Waals surface area contributed by atoms with Gasteiger partial charge in [0.15, 0.2) is 0 Å². The number of likely N-dealkylation sites (tertiary alicyclic amines) is 1. The number of piperidine rings is 1. The number of aromatic nitrogens is 1. The molecule has 1 aromatic carbocycles. The molecular formula is C19H24N2O3S2. The van der Waals surface area contributed by atoms with Gasteiger partial charge in [-0.15, -0.1) is 11.3 Å². The number of amides is 1. The van der Waals surface area contributed by atoms with E-state index in [1.54, 1.807) is 37.3 Å². The molecule has 0 aliphatic carbocycles. The molecule has 1 amide bonds. The standard InChI is InChI=1S/C19H24N2O3S2/c1-23-16-8-14(9-17(11-16)24-2)12-25-19-20-15(13-26-19)10-18(22)21-6-4-3-5-7-21/h8-9,11,13H,3-7,10,12H2,1-2H3. The van der Waals surface area contributed by atoms with Crippen LogP contribution < -0.4 is 9.47 Å². The summed E-state index contributed by atoms with van der Waals surface area (Å²) in [6, 6.07) is 5.87. The summed E-state index contributed by atoms with van der Waals surface area (Å²) in [4.78, 5) is 18.9. The van der Waals surface area contributed by atoms with Gasteiger partial charge in [0, 0.05) is 30.3 Å². The topological polar surface area (TPSA) is 51.7 Å². The first kappa shape index (κ1) is 19.0. The van der Waals surface area contributed by atoms with Crippen LogP contribution >= 0.6 is 23.1 Å². The Bertz CT molecular complexity index is 720. The van der Waals surface area contributed by atoms with Crippen LogP contribution in [0, 0.1) is 0 Å². The van der Waals surface area contributed by atoms with E-state index in [0.29, 0.717) is 6.42 Å². The second kappa shape index (κ2) is 9.28. The second-order valence-corrected chi connectivity index (χ2v) is 8.31. The van der Waals surface area contributed by atoms with Gasteiger partial charge in [-0.3, -0.25) is 4.79 Å². The minimum atomic E-state index is 0.198. The third-order valence-corrected chi connectivity index (χ3v) is 6.49. The van der Waals surface area contributed by atoms with Crippen molar-refractivity contribution in [2.45, 2.75) is 35.8 Å². The molecule has 3 rings (SSSR count). The van der Waals surface area contributed by atoms with E-state index in [1.165, 1.54) is 6.42 Å². The van der Waals surface area contributed by atoms with E-state index >= 15 is 0 Å². The van der Waals surface area contributed by atoms with Crippen LogP contribution in [0.3, 0.4) is 0 Å². The highest BCUT2D eigenvalue weighted by molar-refractivity contribution is 8.00. The van der Waals surface area contributed by atoms with Crippen molar-refractivity contribution in [3.63, 3.8) is 0 Å². The minimum Gasteiger partial charge on any atom is -0.497 e. The van der Waals surface area contributed by atoms with Crippen LogP contribution in [0.25, 0.3) is 0 Å². The first-order valence-electron chi connectivity index (χ1n) is 8.75. The Balaban J connectivity index is 1.56. The van der Waals surface area contributed by atoms with Gasteiger partial charge in [-0.1, -0.05) is 11.8 Å². The van der Waals surface area contributed by atoms with Crippen LogP contribution in [0.15, 0.2) is 27.9 Å². The number of thioether (sulfide) groups is 1. The fourth-order valence-corrected chi connectivity index (χ4v) is 4.72. The average molecular weight is 393 g/mol. The first-order valence-corrected chi connectivity index (χ1v) is 10.6. The highest BCUT2D eigenvalue weighted by atomic mass is 32.2. The predicted octanol–water partition coefficient (Wildman–Crippen LogP) is 4.01. The van der Waals surface area contributed by atoms with E-state index < -0.39 is 0 Å². The maximum atomic E-state index is 12.4. The van der Waals surface area contributed by atoms with E-state index in [9.17, 15) is 4.79 Å². The molecular weight excluding hydrogens is 368 g/mol. The zero-order valence-corrected chi connectivity index (χ0v) is 16.8. The Morgan fingerprint density at radius 1 is 1.15 bits per heavy atom. The van der Waals surface area contributed by atoms with Gasteiger partial charge in [-0.2, -0.15) is 0 Å². The summed E-state index contributed by atoms with van der Waals surface area (Å²) in [5.74, 6) is 2.54. The molecule has 0 bridgehead atoms. The monoisotopic (exact) mass is 392 g/mol. The van der Waals surface area contributed by atoms with Gasteiger partial charge < -0.3 is 14.4 Å². The summed E-state index contributed by atoms with van der Waals surface area (Å²) in [5, 5.41) is 2.00. The highest BCUT2D eigenvalue weighted by Crippen LogP contribution is 2.30. The smallest absolute Gasteiger partial charge is 0.228 e. The molecule has 2 aromatic rings. The molecule has 7 heteroatoms. The van der Waals surface area contributed by atoms with Crippen LogP contribution in [-0.4, -0.2) is 43.1 Å². The Hall–Kier alpha value is -1.73. The van der Waals surface area contributed by atoms with Crippen LogP contribution in [-0.2, 0) is 17.0 Å². The highest BCUT2D eigenvalue weighted by Gasteiger charge is 2.18. The van der Waals surface area contributed by atoms with E-state index in [2.05, 4.69) is 4.98 Å². The number of carbonyl (C=O) groups is 1. The number of thiazole rings is 1. The fourth-order valence-electron chi connectivity index (χ4n) is 2.94. The van der Waals surface area contributed by atoms with Gasteiger partial charge in [-0.05, 0) is 37.0 Å². The van der Waals surface area contributed by atoms with Gasteiger partial charge in [0.1, 0.15) is 15.8 Å². The van der Waals surface area contributed by atoms with Gasteiger partial charge >= 0.3 is 0 Å². The normalized spacial score (nSPS) is 14.3. The Labute approximate surface area is 162 Å². The van der Waals surface area contributed by atoms with Crippen molar-refractivity contribution in [1.29, 1.82) is 0 Å². The SMILES string of the molecule is COc1cc(CSc2nc(CC(=O)N3CCCCC3)cs2)cc(OC)c1. The van der Waals surface area contributed by atoms with E-state index in [-0.39, 0.29) is 5.91 Å². The lowest BCUT2D eigenvalue weighted by Crippen LogP contribution is -2.36. The first-order chi connectivity index (χ1) is 12.7. The molecule has 1 fully saturated rings. The van der Waals surface area contributed by atoms with Gasteiger partial charge in [0.05, 0.1) is 26.3 Å². The van der Waals surface area contributed by atoms with Gasteiger partial charge in [0.25, 0.3) is 0 Å². The summed E-state index contributed by atoms with van der Waals surface area (Å²) >= 11 is 3.26. The molecule has 1 saturated heterocycles. The molecule has 0 N–H and O–H groups in total. The summed E-state index contributed by atoms with van der Waals surface area (Å²) in [6.07, 6.45) is 3.88. The van der Waals surface area contributed by atoms with E-state index in [1.807, 2.05) is 28.5 Å². The van der Waals surface area contributed by atoms with Crippen LogP contribution in [0.2, 0.25) is 0 Å². The lowest BCUT2D eigenvalue weighted by Gasteiger charge is -2.26. The van der Waals surface area contributed by atoms with Crippen molar-refractivity contribution < 1.29 is 14.3 Å². The molecule has 1 aromatic heterocycles. The number of nitrogens with zero attached hydrogens (tertiary/aromatic N) is 2. The number of benzene rings is 1. The molecule has 140 valence electrons. The number of hydrogen-bond acceptors (Lipinski definition) is 6. The number of methoxy groups -OCH3 is 2. The third kappa shape index (κ3) is 5.14. The maximum absolute atomic E-state index is 12.4. The number of carbonyl (C=O) groups excluding carboxylic acids is 1. The number of rotatable bonds is 7. The Morgan fingerprint density at radius 2 is 1.85 bits per heavy atom. The largest absolute Gasteiger partial charge is 0.497 e. The summed E-state index contributed by atoms with van der Waals surface area (Å²) < 4.78 is 11.6. The van der Waals surface area contributed by atoms with Crippen molar-refractivity contribution in [3.05, 3.63) is 34.8 Å². The lowest BCUT2D eigenvalue weighted by molar-refractivity contribution is -0.131. The predicted molar refractivity (Wildman–Crippen MR) is 105 cm³/mol. The molecule has 26 heavy (non-hydrogen) atoms. The molecule has 0 radical (unpaired) electrons. The molecule has 1 aliphatic rings. The molecule has 0 atom stereocenters. The summed E-state index contributed by atoms with van der Waals surface area (Å²) in [7, 11) is 3.30. The van der Waals surface area contributed by atoms with Crippen LogP contribution in [0.5, 0.6) is 11.5 Å². The molecule has 0 spiro atoms. The van der Waals surface area contributed by atoms with E-state index in [4.69, 9.17) is 9.47 Å². The zero-order chi connectivity index (χ0) is 18.4. The Kier molecular flexibility index (Phi) is 6.80. The molecule has 0 saturated carbocycles. The van der Waals surface area contributed by atoms with Crippen molar-refractivity contribution in [3.8, 4) is 11.5 Å². The Morgan fingerprint density at radius 3 is 2.50 bits per heavy atom. The lowest BCUT2D eigenvalue weighted by atomic mass is 10.1. The van der Waals surface area contributed by atoms with Gasteiger partial charge in [0.2, 0.25) is 5.91 Å². The summed E-state index contributed by atoms with van der Waals surface area (Å²) in [6.45, 7) is 1.78. The fraction of sp³-hybridized carbons (Fsp3) is 0.474. The van der Waals surface area contributed by atoms with E-state index in [0.717, 1.165) is 58.8 Å². The number of hydrogen-bond donors (Lipinski definition) is 0. The van der Waals surface area contributed by atoms with Crippen molar-refractivity contribution >= 4 is 29.0 Å². The molecule has 2 heterocycles. The average Bonchev–Trinajstić information content (AvgIpc) is 3.14. The molecule has 1 aliphatic heterocycles. The molecule has 0 unspecified atom stereocenters. The van der Waals surface area contributed by atoms with Crippen molar-refractivity contribution in [2.24, 2.45) is 0 Å². The summed E-state index contributed by atoms with van der Waals surface area (Å²) in [5.41, 5.74) is 1.99. The third-order valence-electron chi connectivity index (χ3n) is 4.35. The minimum absolute atomic E-state index is 0.198. The van der Waals surface area contributed by atoms with Gasteiger partial charge in [-0.25, -0.2) is 4.98 Å². The maximum Gasteiger partial charge on any atom is 0.228 e. The number of ether oxygens (including phenoxy) is 2. The van der Waals surface area contributed by atoms with Crippen molar-refractivity contribution in [2.75, 3.05) is 27.3 Å².